The number of rotatable bonds is 7. The van der Waals surface area contributed by atoms with Gasteiger partial charge in [-0.25, -0.2) is 9.37 Å². The first kappa shape index (κ1) is 25.0. The Balaban J connectivity index is 1.42. The van der Waals surface area contributed by atoms with Crippen molar-refractivity contribution in [1.82, 2.24) is 14.5 Å². The van der Waals surface area contributed by atoms with Gasteiger partial charge >= 0.3 is 5.97 Å². The summed E-state index contributed by atoms with van der Waals surface area (Å²) in [5.74, 6) is -4.92. The van der Waals surface area contributed by atoms with E-state index in [0.29, 0.717) is 5.02 Å². The zero-order valence-electron chi connectivity index (χ0n) is 18.7. The molecule has 2 aromatic heterocycles. The zero-order valence-corrected chi connectivity index (χ0v) is 19.5. The molecule has 2 atom stereocenters. The average molecular weight is 514 g/mol. The lowest BCUT2D eigenvalue weighted by Crippen LogP contribution is -2.33. The molecule has 12 heteroatoms. The van der Waals surface area contributed by atoms with E-state index in [1.165, 1.54) is 46.1 Å². The number of aliphatic carboxylic acids is 1. The van der Waals surface area contributed by atoms with Crippen LogP contribution in [0.15, 0.2) is 65.7 Å². The molecule has 1 saturated heterocycles. The molecule has 186 valence electrons. The number of aromatic nitrogens is 2. The number of nitrogens with one attached hydrogen (secondary N) is 2. The van der Waals surface area contributed by atoms with Crippen LogP contribution in [0.5, 0.6) is 0 Å². The molecule has 1 aliphatic rings. The number of carbonyl (C=O) groups excluding carboxylic acids is 2. The third-order valence-electron chi connectivity index (χ3n) is 5.72. The van der Waals surface area contributed by atoms with Crippen molar-refractivity contribution in [3.63, 3.8) is 0 Å². The molecule has 1 aliphatic heterocycles. The molecule has 0 unspecified atom stereocenters. The van der Waals surface area contributed by atoms with Gasteiger partial charge in [-0.2, -0.15) is 0 Å². The quantitative estimate of drug-likeness (QED) is 0.441. The summed E-state index contributed by atoms with van der Waals surface area (Å²) in [6, 6.07) is 11.5. The predicted molar refractivity (Wildman–Crippen MR) is 130 cm³/mol. The molecule has 3 aromatic rings. The normalized spacial score (nSPS) is 17.5. The number of benzene rings is 1. The number of carboxylic acid groups (broad SMARTS) is 1. The number of likely N-dealkylation sites (tertiary alicyclic amines) is 1. The molecule has 0 bridgehead atoms. The Morgan fingerprint density at radius 2 is 1.86 bits per heavy atom. The number of nitrogens with zero attached hydrogens (tertiary/aromatic N) is 3. The lowest BCUT2D eigenvalue weighted by molar-refractivity contribution is -0.144. The Hall–Kier alpha value is -4.09. The second-order valence-electron chi connectivity index (χ2n) is 8.22. The molecular formula is C24H21ClFN5O5. The van der Waals surface area contributed by atoms with Crippen molar-refractivity contribution in [2.24, 2.45) is 11.8 Å². The van der Waals surface area contributed by atoms with Gasteiger partial charge in [0, 0.05) is 37.6 Å². The summed E-state index contributed by atoms with van der Waals surface area (Å²) >= 11 is 5.77. The van der Waals surface area contributed by atoms with Gasteiger partial charge in [0.1, 0.15) is 11.6 Å². The van der Waals surface area contributed by atoms with E-state index in [1.807, 2.05) is 0 Å². The van der Waals surface area contributed by atoms with E-state index in [-0.39, 0.29) is 42.4 Å². The van der Waals surface area contributed by atoms with Crippen molar-refractivity contribution >= 4 is 40.9 Å². The minimum atomic E-state index is -1.20. The van der Waals surface area contributed by atoms with Gasteiger partial charge in [-0.15, -0.1) is 0 Å². The van der Waals surface area contributed by atoms with Crippen LogP contribution in [0.3, 0.4) is 0 Å². The molecule has 4 rings (SSSR count). The molecule has 1 aromatic carbocycles. The first-order valence-corrected chi connectivity index (χ1v) is 11.2. The van der Waals surface area contributed by atoms with Gasteiger partial charge in [-0.05, 0) is 30.3 Å². The molecular weight excluding hydrogens is 493 g/mol. The van der Waals surface area contributed by atoms with E-state index < -0.39 is 35.4 Å². The zero-order chi connectivity index (χ0) is 25.8. The second kappa shape index (κ2) is 10.7. The molecule has 2 amide bonds. The van der Waals surface area contributed by atoms with Crippen LogP contribution < -0.4 is 16.2 Å². The van der Waals surface area contributed by atoms with Crippen LogP contribution in [-0.4, -0.2) is 57.0 Å². The number of anilines is 2. The lowest BCUT2D eigenvalue weighted by atomic mass is 9.95. The topological polar surface area (TPSA) is 134 Å². The summed E-state index contributed by atoms with van der Waals surface area (Å²) in [6.07, 6.45) is 2.86. The fourth-order valence-electron chi connectivity index (χ4n) is 3.99. The molecule has 0 spiro atoms. The molecule has 0 saturated carbocycles. The Bertz CT molecular complexity index is 1360. The van der Waals surface area contributed by atoms with Crippen LogP contribution in [0.2, 0.25) is 5.02 Å². The number of halogens is 2. The fraction of sp³-hybridized carbons (Fsp3) is 0.208. The number of amides is 2. The smallest absolute Gasteiger partial charge is 0.308 e. The van der Waals surface area contributed by atoms with Gasteiger partial charge < -0.3 is 15.7 Å². The van der Waals surface area contributed by atoms with E-state index in [0.717, 1.165) is 6.07 Å². The van der Waals surface area contributed by atoms with Gasteiger partial charge in [0.25, 0.3) is 5.56 Å². The number of hydrogen-bond acceptors (Lipinski definition) is 6. The molecule has 3 N–H and O–H groups in total. The minimum Gasteiger partial charge on any atom is -0.481 e. The summed E-state index contributed by atoms with van der Waals surface area (Å²) < 4.78 is 16.0. The van der Waals surface area contributed by atoms with Crippen LogP contribution in [0, 0.1) is 17.7 Å². The van der Waals surface area contributed by atoms with E-state index in [1.54, 1.807) is 18.2 Å². The number of carboxylic acids is 1. The number of hydrogen-bond donors (Lipinski definition) is 3. The SMILES string of the molecule is O=C(CN1C[C@H](C(=O)O)[C@@H](C(=O)Nc2ccc(-n3ccccc3=O)cc2F)C1)Nc1ccc(Cl)cn1. The fourth-order valence-corrected chi connectivity index (χ4v) is 4.10. The number of carbonyl (C=O) groups is 3. The maximum absolute atomic E-state index is 14.7. The molecule has 36 heavy (non-hydrogen) atoms. The third-order valence-corrected chi connectivity index (χ3v) is 5.95. The first-order valence-electron chi connectivity index (χ1n) is 10.9. The molecule has 0 aliphatic carbocycles. The predicted octanol–water partition coefficient (Wildman–Crippen LogP) is 2.23. The first-order chi connectivity index (χ1) is 17.2. The van der Waals surface area contributed by atoms with E-state index in [9.17, 15) is 28.7 Å². The van der Waals surface area contributed by atoms with E-state index in [4.69, 9.17) is 11.6 Å². The van der Waals surface area contributed by atoms with E-state index >= 15 is 0 Å². The lowest BCUT2D eigenvalue weighted by Gasteiger charge is -2.16. The number of pyridine rings is 2. The highest BCUT2D eigenvalue weighted by Crippen LogP contribution is 2.26. The largest absolute Gasteiger partial charge is 0.481 e. The highest BCUT2D eigenvalue weighted by molar-refractivity contribution is 6.30. The Labute approximate surface area is 209 Å². The van der Waals surface area contributed by atoms with Crippen molar-refractivity contribution < 1.29 is 23.9 Å². The van der Waals surface area contributed by atoms with Crippen molar-refractivity contribution in [3.8, 4) is 5.69 Å². The second-order valence-corrected chi connectivity index (χ2v) is 8.65. The Morgan fingerprint density at radius 3 is 2.53 bits per heavy atom. The van der Waals surface area contributed by atoms with Crippen molar-refractivity contribution in [2.45, 2.75) is 0 Å². The van der Waals surface area contributed by atoms with Crippen LogP contribution in [-0.2, 0) is 14.4 Å². The summed E-state index contributed by atoms with van der Waals surface area (Å²) in [6.45, 7) is -0.205. The third kappa shape index (κ3) is 5.75. The average Bonchev–Trinajstić information content (AvgIpc) is 3.26. The summed E-state index contributed by atoms with van der Waals surface area (Å²) in [7, 11) is 0. The van der Waals surface area contributed by atoms with Gasteiger partial charge in [0.05, 0.1) is 34.8 Å². The van der Waals surface area contributed by atoms with Crippen LogP contribution in [0.1, 0.15) is 0 Å². The molecule has 0 radical (unpaired) electrons. The Kier molecular flexibility index (Phi) is 7.41. The van der Waals surface area contributed by atoms with Crippen LogP contribution >= 0.6 is 11.6 Å². The summed E-state index contributed by atoms with van der Waals surface area (Å²) in [4.78, 5) is 54.5. The maximum Gasteiger partial charge on any atom is 0.308 e. The molecule has 3 heterocycles. The van der Waals surface area contributed by atoms with Crippen molar-refractivity contribution in [1.29, 1.82) is 0 Å². The van der Waals surface area contributed by atoms with Crippen molar-refractivity contribution in [2.75, 3.05) is 30.3 Å². The maximum atomic E-state index is 14.7. The monoisotopic (exact) mass is 513 g/mol. The summed E-state index contributed by atoms with van der Waals surface area (Å²) in [5, 5.41) is 15.0. The Morgan fingerprint density at radius 1 is 1.08 bits per heavy atom. The highest BCUT2D eigenvalue weighted by atomic mass is 35.5. The van der Waals surface area contributed by atoms with Crippen molar-refractivity contribution in [3.05, 3.63) is 82.1 Å². The standard InChI is InChI=1S/C24H21ClFN5O5/c25-14-4-7-20(27-10-14)29-21(32)13-30-11-16(17(12-30)24(35)36)23(34)28-19-6-5-15(9-18(19)26)31-8-2-1-3-22(31)33/h1-10,16-17H,11-13H2,(H,28,34)(H,35,36)(H,27,29,32)/t16-,17-/m0/s1. The highest BCUT2D eigenvalue weighted by Gasteiger charge is 2.42. The van der Waals surface area contributed by atoms with Gasteiger partial charge in [-0.1, -0.05) is 17.7 Å². The van der Waals surface area contributed by atoms with Crippen LogP contribution in [0.25, 0.3) is 5.69 Å². The summed E-state index contributed by atoms with van der Waals surface area (Å²) in [5.41, 5.74) is -0.227. The van der Waals surface area contributed by atoms with Gasteiger partial charge in [-0.3, -0.25) is 28.6 Å². The van der Waals surface area contributed by atoms with Gasteiger partial charge in [0.2, 0.25) is 11.8 Å². The van der Waals surface area contributed by atoms with Crippen LogP contribution in [0.4, 0.5) is 15.9 Å². The van der Waals surface area contributed by atoms with E-state index in [2.05, 4.69) is 15.6 Å². The minimum absolute atomic E-state index is 0.0105. The molecule has 10 nitrogen and oxygen atoms in total. The van der Waals surface area contributed by atoms with Gasteiger partial charge in [0.15, 0.2) is 0 Å². The molecule has 1 fully saturated rings.